The summed E-state index contributed by atoms with van der Waals surface area (Å²) in [6, 6.07) is 0. The summed E-state index contributed by atoms with van der Waals surface area (Å²) in [5.74, 6) is 3.95. The lowest BCUT2D eigenvalue weighted by Gasteiger charge is -2.39. The number of hydrogen-bond donors (Lipinski definition) is 0. The molecule has 0 aromatic heterocycles. The Labute approximate surface area is 70.4 Å². The molecular weight excluding hydrogens is 132 g/mol. The Morgan fingerprint density at radius 2 is 1.73 bits per heavy atom. The molecule has 0 N–H and O–H groups in total. The monoisotopic (exact) mass is 151 g/mol. The van der Waals surface area contributed by atoms with Gasteiger partial charge >= 0.3 is 0 Å². The van der Waals surface area contributed by atoms with Gasteiger partial charge in [-0.3, -0.25) is 0 Å². The molecule has 2 saturated carbocycles. The molecule has 0 saturated heterocycles. The molecule has 11 heavy (non-hydrogen) atoms. The summed E-state index contributed by atoms with van der Waals surface area (Å²) in [7, 11) is 0. The molecule has 2 aliphatic carbocycles. The molecule has 2 rings (SSSR count). The zero-order valence-electron chi connectivity index (χ0n) is 7.60. The van der Waals surface area contributed by atoms with Gasteiger partial charge < -0.3 is 0 Å². The van der Waals surface area contributed by atoms with Gasteiger partial charge in [0.05, 0.1) is 0 Å². The molecule has 1 radical (unpaired) electrons. The van der Waals surface area contributed by atoms with E-state index in [-0.39, 0.29) is 0 Å². The predicted molar refractivity (Wildman–Crippen MR) is 48.2 cm³/mol. The quantitative estimate of drug-likeness (QED) is 0.496. The second kappa shape index (κ2) is 3.16. The van der Waals surface area contributed by atoms with Crippen molar-refractivity contribution in [1.82, 2.24) is 0 Å². The van der Waals surface area contributed by atoms with E-state index >= 15 is 0 Å². The molecule has 0 aromatic carbocycles. The van der Waals surface area contributed by atoms with Crippen LogP contribution in [-0.4, -0.2) is 0 Å². The van der Waals surface area contributed by atoms with E-state index in [9.17, 15) is 0 Å². The molecule has 2 unspecified atom stereocenters. The summed E-state index contributed by atoms with van der Waals surface area (Å²) in [4.78, 5) is 0. The number of hydrogen-bond acceptors (Lipinski definition) is 0. The molecule has 63 valence electrons. The lowest BCUT2D eigenvalue weighted by molar-refractivity contribution is 0.195. The van der Waals surface area contributed by atoms with Crippen molar-refractivity contribution in [2.75, 3.05) is 0 Å². The second-order valence-corrected chi connectivity index (χ2v) is 4.39. The first-order chi connectivity index (χ1) is 5.38. The maximum atomic E-state index is 2.39. The third-order valence-electron chi connectivity index (χ3n) is 3.69. The van der Waals surface area contributed by atoms with Gasteiger partial charge in [0.25, 0.3) is 0 Å². The average Bonchev–Trinajstić information content (AvgIpc) is 2.06. The zero-order valence-corrected chi connectivity index (χ0v) is 7.60. The van der Waals surface area contributed by atoms with Crippen molar-refractivity contribution in [3.05, 3.63) is 5.92 Å². The SMILES string of the molecule is C[C]1CCCC2CCCCC12. The van der Waals surface area contributed by atoms with Gasteiger partial charge in [-0.1, -0.05) is 39.0 Å². The second-order valence-electron chi connectivity index (χ2n) is 4.39. The molecule has 0 amide bonds. The highest BCUT2D eigenvalue weighted by molar-refractivity contribution is 5.00. The van der Waals surface area contributed by atoms with Crippen molar-refractivity contribution in [3.63, 3.8) is 0 Å². The first kappa shape index (κ1) is 7.64. The molecule has 0 heterocycles. The van der Waals surface area contributed by atoms with Gasteiger partial charge in [-0.15, -0.1) is 0 Å². The fraction of sp³-hybridized carbons (Fsp3) is 0.909. The van der Waals surface area contributed by atoms with Crippen molar-refractivity contribution in [2.45, 2.75) is 51.9 Å². The van der Waals surface area contributed by atoms with Crippen molar-refractivity contribution in [2.24, 2.45) is 11.8 Å². The van der Waals surface area contributed by atoms with E-state index in [0.717, 1.165) is 11.8 Å². The molecule has 2 fully saturated rings. The highest BCUT2D eigenvalue weighted by Gasteiger charge is 2.32. The highest BCUT2D eigenvalue weighted by atomic mass is 14.4. The van der Waals surface area contributed by atoms with E-state index in [1.165, 1.54) is 44.9 Å². The molecule has 0 spiro atoms. The summed E-state index contributed by atoms with van der Waals surface area (Å²) in [6.07, 6.45) is 10.5. The van der Waals surface area contributed by atoms with Crippen LogP contribution in [0.2, 0.25) is 0 Å². The van der Waals surface area contributed by atoms with Crippen LogP contribution in [0.1, 0.15) is 51.9 Å². The maximum absolute atomic E-state index is 2.39. The topological polar surface area (TPSA) is 0 Å². The lowest BCUT2D eigenvalue weighted by atomic mass is 9.66. The molecule has 2 aliphatic rings. The van der Waals surface area contributed by atoms with Gasteiger partial charge in [0, 0.05) is 0 Å². The Balaban J connectivity index is 1.99. The Bertz CT molecular complexity index is 126. The summed E-state index contributed by atoms with van der Waals surface area (Å²) in [5, 5.41) is 0. The maximum Gasteiger partial charge on any atom is -0.0238 e. The standard InChI is InChI=1S/C11H19/c1-9-5-4-7-10-6-2-3-8-11(9)10/h10-11H,2-8H2,1H3. The van der Waals surface area contributed by atoms with Gasteiger partial charge in [-0.25, -0.2) is 0 Å². The van der Waals surface area contributed by atoms with Crippen LogP contribution >= 0.6 is 0 Å². The van der Waals surface area contributed by atoms with Gasteiger partial charge in [0.15, 0.2) is 0 Å². The van der Waals surface area contributed by atoms with Crippen LogP contribution < -0.4 is 0 Å². The van der Waals surface area contributed by atoms with Gasteiger partial charge in [0.1, 0.15) is 0 Å². The number of fused-ring (bicyclic) bond motifs is 1. The fourth-order valence-electron chi connectivity index (χ4n) is 3.03. The predicted octanol–water partition coefficient (Wildman–Crippen LogP) is 3.57. The lowest BCUT2D eigenvalue weighted by Crippen LogP contribution is -2.27. The molecule has 0 bridgehead atoms. The van der Waals surface area contributed by atoms with Crippen LogP contribution in [0, 0.1) is 17.8 Å². The average molecular weight is 151 g/mol. The Morgan fingerprint density at radius 3 is 2.55 bits per heavy atom. The minimum absolute atomic E-state index is 1.04. The summed E-state index contributed by atoms with van der Waals surface area (Å²) in [5.41, 5.74) is 0. The van der Waals surface area contributed by atoms with Crippen LogP contribution in [0.25, 0.3) is 0 Å². The minimum atomic E-state index is 1.04. The normalized spacial score (nSPS) is 40.1. The molecule has 0 heteroatoms. The van der Waals surface area contributed by atoms with Crippen LogP contribution in [0.15, 0.2) is 0 Å². The van der Waals surface area contributed by atoms with Crippen molar-refractivity contribution in [1.29, 1.82) is 0 Å². The van der Waals surface area contributed by atoms with E-state index in [1.807, 2.05) is 5.92 Å². The van der Waals surface area contributed by atoms with Crippen LogP contribution in [0.3, 0.4) is 0 Å². The van der Waals surface area contributed by atoms with Gasteiger partial charge in [-0.2, -0.15) is 0 Å². The Morgan fingerprint density at radius 1 is 1.00 bits per heavy atom. The molecular formula is C11H19. The first-order valence-corrected chi connectivity index (χ1v) is 5.20. The van der Waals surface area contributed by atoms with Gasteiger partial charge in [0.2, 0.25) is 0 Å². The molecule has 0 aromatic rings. The Kier molecular flexibility index (Phi) is 2.20. The Hall–Kier alpha value is 0. The van der Waals surface area contributed by atoms with Crippen molar-refractivity contribution >= 4 is 0 Å². The number of rotatable bonds is 0. The van der Waals surface area contributed by atoms with Crippen LogP contribution in [0.4, 0.5) is 0 Å². The third kappa shape index (κ3) is 1.45. The summed E-state index contributed by atoms with van der Waals surface area (Å²) in [6.45, 7) is 2.39. The largest absolute Gasteiger partial charge is 0.0588 e. The van der Waals surface area contributed by atoms with Crippen molar-refractivity contribution < 1.29 is 0 Å². The smallest absolute Gasteiger partial charge is 0.0238 e. The molecule has 0 nitrogen and oxygen atoms in total. The van der Waals surface area contributed by atoms with E-state index in [1.54, 1.807) is 0 Å². The summed E-state index contributed by atoms with van der Waals surface area (Å²) < 4.78 is 0. The molecule has 2 atom stereocenters. The van der Waals surface area contributed by atoms with Crippen LogP contribution in [-0.2, 0) is 0 Å². The van der Waals surface area contributed by atoms with Crippen LogP contribution in [0.5, 0.6) is 0 Å². The van der Waals surface area contributed by atoms with Crippen molar-refractivity contribution in [3.8, 4) is 0 Å². The zero-order chi connectivity index (χ0) is 7.68. The summed E-state index contributed by atoms with van der Waals surface area (Å²) >= 11 is 0. The van der Waals surface area contributed by atoms with E-state index in [2.05, 4.69) is 6.92 Å². The fourth-order valence-corrected chi connectivity index (χ4v) is 3.03. The minimum Gasteiger partial charge on any atom is -0.0588 e. The van der Waals surface area contributed by atoms with E-state index in [0.29, 0.717) is 0 Å². The van der Waals surface area contributed by atoms with E-state index < -0.39 is 0 Å². The van der Waals surface area contributed by atoms with Gasteiger partial charge in [-0.05, 0) is 30.6 Å². The van der Waals surface area contributed by atoms with E-state index in [4.69, 9.17) is 0 Å². The highest BCUT2D eigenvalue weighted by Crippen LogP contribution is 2.44. The molecule has 0 aliphatic heterocycles. The third-order valence-corrected chi connectivity index (χ3v) is 3.69. The first-order valence-electron chi connectivity index (χ1n) is 5.20.